The third kappa shape index (κ3) is 3.13. The van der Waals surface area contributed by atoms with Crippen LogP contribution in [0.5, 0.6) is 0 Å². The average molecular weight is 257 g/mol. The minimum atomic E-state index is -1.21. The molecule has 0 saturated carbocycles. The largest absolute Gasteiger partial charge is 0.374 e. The van der Waals surface area contributed by atoms with Crippen molar-refractivity contribution < 1.29 is 5.11 Å². The van der Waals surface area contributed by atoms with Gasteiger partial charge in [-0.1, -0.05) is 53.8 Å². The summed E-state index contributed by atoms with van der Waals surface area (Å²) in [5.74, 6) is 5.83. The average Bonchev–Trinajstić information content (AvgIpc) is 2.38. The summed E-state index contributed by atoms with van der Waals surface area (Å²) in [6, 6.07) is 16.7. The van der Waals surface area contributed by atoms with Gasteiger partial charge < -0.3 is 5.11 Å². The molecular weight excluding hydrogens is 244 g/mol. The quantitative estimate of drug-likeness (QED) is 0.773. The third-order valence-corrected chi connectivity index (χ3v) is 2.85. The van der Waals surface area contributed by atoms with Gasteiger partial charge in [-0.3, -0.25) is 0 Å². The van der Waals surface area contributed by atoms with Gasteiger partial charge in [-0.25, -0.2) is 0 Å². The van der Waals surface area contributed by atoms with Gasteiger partial charge in [0.1, 0.15) is 5.60 Å². The van der Waals surface area contributed by atoms with E-state index in [4.69, 9.17) is 11.6 Å². The van der Waals surface area contributed by atoms with E-state index in [2.05, 4.69) is 11.8 Å². The van der Waals surface area contributed by atoms with Crippen molar-refractivity contribution in [2.24, 2.45) is 0 Å². The Kier molecular flexibility index (Phi) is 3.72. The first-order valence-electron chi connectivity index (χ1n) is 5.64. The van der Waals surface area contributed by atoms with Gasteiger partial charge in [-0.05, 0) is 36.8 Å². The summed E-state index contributed by atoms with van der Waals surface area (Å²) < 4.78 is 0. The van der Waals surface area contributed by atoms with E-state index in [1.165, 1.54) is 0 Å². The number of rotatable bonds is 1. The van der Waals surface area contributed by atoms with E-state index in [0.29, 0.717) is 10.6 Å². The minimum Gasteiger partial charge on any atom is -0.374 e. The number of benzene rings is 2. The zero-order valence-electron chi connectivity index (χ0n) is 10.0. The van der Waals surface area contributed by atoms with Crippen molar-refractivity contribution in [1.29, 1.82) is 0 Å². The highest BCUT2D eigenvalue weighted by Crippen LogP contribution is 2.22. The Morgan fingerprint density at radius 1 is 1.06 bits per heavy atom. The predicted molar refractivity (Wildman–Crippen MR) is 74.3 cm³/mol. The summed E-state index contributed by atoms with van der Waals surface area (Å²) in [4.78, 5) is 0. The number of hydrogen-bond acceptors (Lipinski definition) is 1. The predicted octanol–water partition coefficient (Wildman–Crippen LogP) is 3.60. The molecule has 2 aromatic rings. The van der Waals surface area contributed by atoms with Crippen LogP contribution in [-0.4, -0.2) is 5.11 Å². The summed E-state index contributed by atoms with van der Waals surface area (Å²) in [5.41, 5.74) is 0.360. The fourth-order valence-electron chi connectivity index (χ4n) is 1.58. The van der Waals surface area contributed by atoms with Crippen LogP contribution in [0.15, 0.2) is 54.6 Å². The van der Waals surface area contributed by atoms with E-state index in [-0.39, 0.29) is 0 Å². The Labute approximate surface area is 112 Å². The first-order valence-corrected chi connectivity index (χ1v) is 6.02. The molecule has 1 unspecified atom stereocenters. The van der Waals surface area contributed by atoms with Gasteiger partial charge in [0.25, 0.3) is 0 Å². The standard InChI is InChI=1S/C16H13ClO/c1-16(18,14-8-5-9-15(17)12-14)11-10-13-6-3-2-4-7-13/h2-9,12,18H,1H3. The molecule has 0 aliphatic rings. The molecule has 1 N–H and O–H groups in total. The van der Waals surface area contributed by atoms with Crippen LogP contribution in [0.1, 0.15) is 18.1 Å². The molecule has 2 rings (SSSR count). The minimum absolute atomic E-state index is 0.592. The molecule has 1 atom stereocenters. The molecule has 0 spiro atoms. The number of halogens is 1. The second kappa shape index (κ2) is 5.27. The molecule has 18 heavy (non-hydrogen) atoms. The Morgan fingerprint density at radius 3 is 2.44 bits per heavy atom. The maximum atomic E-state index is 10.3. The van der Waals surface area contributed by atoms with E-state index in [1.54, 1.807) is 25.1 Å². The fourth-order valence-corrected chi connectivity index (χ4v) is 1.77. The van der Waals surface area contributed by atoms with Crippen molar-refractivity contribution in [3.8, 4) is 11.8 Å². The lowest BCUT2D eigenvalue weighted by molar-refractivity contribution is 0.122. The molecule has 1 nitrogen and oxygen atoms in total. The Morgan fingerprint density at radius 2 is 1.78 bits per heavy atom. The molecule has 0 amide bonds. The Hall–Kier alpha value is -1.75. The second-order valence-electron chi connectivity index (χ2n) is 4.20. The van der Waals surface area contributed by atoms with Crippen LogP contribution in [0, 0.1) is 11.8 Å². The van der Waals surface area contributed by atoms with Crippen LogP contribution in [0.4, 0.5) is 0 Å². The molecule has 0 aliphatic heterocycles. The molecule has 0 saturated heterocycles. The lowest BCUT2D eigenvalue weighted by Crippen LogP contribution is -2.18. The summed E-state index contributed by atoms with van der Waals surface area (Å²) in [7, 11) is 0. The number of hydrogen-bond donors (Lipinski definition) is 1. The smallest absolute Gasteiger partial charge is 0.148 e. The number of aliphatic hydroxyl groups is 1. The highest BCUT2D eigenvalue weighted by atomic mass is 35.5. The van der Waals surface area contributed by atoms with Gasteiger partial charge in [-0.15, -0.1) is 0 Å². The first-order chi connectivity index (χ1) is 8.58. The summed E-state index contributed by atoms with van der Waals surface area (Å²) in [6.45, 7) is 1.66. The van der Waals surface area contributed by atoms with Crippen LogP contribution >= 0.6 is 11.6 Å². The van der Waals surface area contributed by atoms with E-state index in [1.807, 2.05) is 36.4 Å². The van der Waals surface area contributed by atoms with E-state index in [9.17, 15) is 5.11 Å². The van der Waals surface area contributed by atoms with Gasteiger partial charge in [0.2, 0.25) is 0 Å². The van der Waals surface area contributed by atoms with E-state index in [0.717, 1.165) is 5.56 Å². The lowest BCUT2D eigenvalue weighted by Gasteiger charge is -2.16. The van der Waals surface area contributed by atoms with Crippen molar-refractivity contribution in [3.05, 3.63) is 70.7 Å². The lowest BCUT2D eigenvalue weighted by atomic mass is 9.96. The molecular formula is C16H13ClO. The molecule has 2 heteroatoms. The zero-order chi connectivity index (χ0) is 13.0. The van der Waals surface area contributed by atoms with Gasteiger partial charge in [-0.2, -0.15) is 0 Å². The molecule has 0 heterocycles. The van der Waals surface area contributed by atoms with Gasteiger partial charge in [0, 0.05) is 10.6 Å². The van der Waals surface area contributed by atoms with Gasteiger partial charge in [0.15, 0.2) is 0 Å². The SMILES string of the molecule is CC(O)(C#Cc1ccccc1)c1cccc(Cl)c1. The van der Waals surface area contributed by atoms with Crippen molar-refractivity contribution in [2.45, 2.75) is 12.5 Å². The monoisotopic (exact) mass is 256 g/mol. The highest BCUT2D eigenvalue weighted by Gasteiger charge is 2.19. The normalized spacial score (nSPS) is 13.3. The maximum absolute atomic E-state index is 10.3. The van der Waals surface area contributed by atoms with Crippen LogP contribution < -0.4 is 0 Å². The molecule has 0 bridgehead atoms. The Bertz CT molecular complexity index is 591. The van der Waals surface area contributed by atoms with Gasteiger partial charge in [0.05, 0.1) is 0 Å². The molecule has 0 radical (unpaired) electrons. The van der Waals surface area contributed by atoms with Gasteiger partial charge >= 0.3 is 0 Å². The fraction of sp³-hybridized carbons (Fsp3) is 0.125. The van der Waals surface area contributed by atoms with Crippen LogP contribution in [0.3, 0.4) is 0 Å². The van der Waals surface area contributed by atoms with E-state index >= 15 is 0 Å². The second-order valence-corrected chi connectivity index (χ2v) is 4.64. The van der Waals surface area contributed by atoms with Crippen LogP contribution in [0.25, 0.3) is 0 Å². The molecule has 2 aromatic carbocycles. The maximum Gasteiger partial charge on any atom is 0.148 e. The Balaban J connectivity index is 2.30. The van der Waals surface area contributed by atoms with Crippen LogP contribution in [0.2, 0.25) is 5.02 Å². The molecule has 0 aromatic heterocycles. The molecule has 0 fully saturated rings. The summed E-state index contributed by atoms with van der Waals surface area (Å²) >= 11 is 5.91. The first kappa shape index (κ1) is 12.7. The third-order valence-electron chi connectivity index (χ3n) is 2.61. The highest BCUT2D eigenvalue weighted by molar-refractivity contribution is 6.30. The van der Waals surface area contributed by atoms with Crippen molar-refractivity contribution >= 4 is 11.6 Å². The van der Waals surface area contributed by atoms with Crippen molar-refractivity contribution in [3.63, 3.8) is 0 Å². The molecule has 0 aliphatic carbocycles. The topological polar surface area (TPSA) is 20.2 Å². The van der Waals surface area contributed by atoms with E-state index < -0.39 is 5.60 Å². The summed E-state index contributed by atoms with van der Waals surface area (Å²) in [5, 5.41) is 10.9. The summed E-state index contributed by atoms with van der Waals surface area (Å²) in [6.07, 6.45) is 0. The zero-order valence-corrected chi connectivity index (χ0v) is 10.8. The van der Waals surface area contributed by atoms with Crippen LogP contribution in [-0.2, 0) is 5.60 Å². The van der Waals surface area contributed by atoms with Crippen molar-refractivity contribution in [1.82, 2.24) is 0 Å². The molecule has 90 valence electrons. The van der Waals surface area contributed by atoms with Crippen molar-refractivity contribution in [2.75, 3.05) is 0 Å².